The summed E-state index contributed by atoms with van der Waals surface area (Å²) in [6.07, 6.45) is 17.7. The van der Waals surface area contributed by atoms with Gasteiger partial charge in [0, 0.05) is 6.42 Å². The summed E-state index contributed by atoms with van der Waals surface area (Å²) in [6, 6.07) is 0. The standard InChI is InChI=1S/C24H48O4/c1-4-5-6-7-8-9-10-11-12-13-14-15-16-17-21(18-23(27)28)24(2,3)19-22(26)20-25/h21-22,25-26H,4-20H2,1-3H3,(H,27,28). The van der Waals surface area contributed by atoms with Gasteiger partial charge in [0.25, 0.3) is 0 Å². The number of aliphatic hydroxyl groups excluding tert-OH is 2. The van der Waals surface area contributed by atoms with Gasteiger partial charge in [-0.25, -0.2) is 0 Å². The van der Waals surface area contributed by atoms with Crippen LogP contribution in [0.25, 0.3) is 0 Å². The van der Waals surface area contributed by atoms with E-state index in [4.69, 9.17) is 5.11 Å². The second-order valence-corrected chi connectivity index (χ2v) is 9.36. The zero-order valence-electron chi connectivity index (χ0n) is 18.9. The largest absolute Gasteiger partial charge is 0.481 e. The summed E-state index contributed by atoms with van der Waals surface area (Å²) in [5.41, 5.74) is -0.280. The first-order valence-electron chi connectivity index (χ1n) is 11.8. The van der Waals surface area contributed by atoms with Crippen LogP contribution >= 0.6 is 0 Å². The van der Waals surface area contributed by atoms with Gasteiger partial charge in [0.15, 0.2) is 0 Å². The molecule has 28 heavy (non-hydrogen) atoms. The predicted octanol–water partition coefficient (Wildman–Crippen LogP) is 6.33. The Kier molecular flexibility index (Phi) is 16.9. The molecule has 4 nitrogen and oxygen atoms in total. The van der Waals surface area contributed by atoms with Crippen LogP contribution in [0.2, 0.25) is 0 Å². The lowest BCUT2D eigenvalue weighted by Gasteiger charge is -2.35. The van der Waals surface area contributed by atoms with Gasteiger partial charge in [0.1, 0.15) is 0 Å². The third-order valence-corrected chi connectivity index (χ3v) is 6.15. The maximum atomic E-state index is 11.2. The molecule has 0 aliphatic carbocycles. The smallest absolute Gasteiger partial charge is 0.303 e. The summed E-state index contributed by atoms with van der Waals surface area (Å²) in [4.78, 5) is 11.2. The van der Waals surface area contributed by atoms with Crippen molar-refractivity contribution in [2.45, 2.75) is 130 Å². The fourth-order valence-electron chi connectivity index (χ4n) is 4.23. The van der Waals surface area contributed by atoms with Gasteiger partial charge < -0.3 is 15.3 Å². The highest BCUT2D eigenvalue weighted by molar-refractivity contribution is 5.67. The molecule has 0 saturated carbocycles. The zero-order valence-corrected chi connectivity index (χ0v) is 18.9. The summed E-state index contributed by atoms with van der Waals surface area (Å²) in [6.45, 7) is 6.03. The first-order chi connectivity index (χ1) is 13.3. The van der Waals surface area contributed by atoms with Crippen molar-refractivity contribution in [3.63, 3.8) is 0 Å². The second-order valence-electron chi connectivity index (χ2n) is 9.36. The second kappa shape index (κ2) is 17.3. The van der Waals surface area contributed by atoms with Gasteiger partial charge in [-0.3, -0.25) is 4.79 Å². The van der Waals surface area contributed by atoms with Gasteiger partial charge in [-0.2, -0.15) is 0 Å². The maximum Gasteiger partial charge on any atom is 0.303 e. The molecule has 168 valence electrons. The fourth-order valence-corrected chi connectivity index (χ4v) is 4.23. The van der Waals surface area contributed by atoms with Crippen LogP contribution in [0, 0.1) is 11.3 Å². The maximum absolute atomic E-state index is 11.2. The average Bonchev–Trinajstić information content (AvgIpc) is 2.63. The van der Waals surface area contributed by atoms with Crippen LogP contribution in [0.1, 0.15) is 124 Å². The van der Waals surface area contributed by atoms with E-state index in [1.165, 1.54) is 70.6 Å². The van der Waals surface area contributed by atoms with Crippen molar-refractivity contribution in [2.24, 2.45) is 11.3 Å². The molecule has 2 atom stereocenters. The monoisotopic (exact) mass is 400 g/mol. The lowest BCUT2D eigenvalue weighted by Crippen LogP contribution is -2.32. The predicted molar refractivity (Wildman–Crippen MR) is 118 cm³/mol. The molecule has 0 aromatic carbocycles. The SMILES string of the molecule is CCCCCCCCCCCCCCCC(CC(=O)O)C(C)(C)CC(O)CO. The number of carboxylic acid groups (broad SMARTS) is 1. The summed E-state index contributed by atoms with van der Waals surface area (Å²) in [7, 11) is 0. The van der Waals surface area contributed by atoms with E-state index in [0.717, 1.165) is 19.3 Å². The molecule has 0 fully saturated rings. The fraction of sp³-hybridized carbons (Fsp3) is 0.958. The van der Waals surface area contributed by atoms with Crippen molar-refractivity contribution >= 4 is 5.97 Å². The molecule has 2 unspecified atom stereocenters. The molecule has 0 rings (SSSR count). The lowest BCUT2D eigenvalue weighted by atomic mass is 9.71. The highest BCUT2D eigenvalue weighted by Gasteiger charge is 2.32. The topological polar surface area (TPSA) is 77.8 Å². The number of carbonyl (C=O) groups is 1. The summed E-state index contributed by atoms with van der Waals surface area (Å²) < 4.78 is 0. The first kappa shape index (κ1) is 27.4. The minimum absolute atomic E-state index is 0.0407. The third kappa shape index (κ3) is 15.3. The highest BCUT2D eigenvalue weighted by Crippen LogP contribution is 2.38. The van der Waals surface area contributed by atoms with Gasteiger partial charge in [-0.05, 0) is 24.2 Å². The molecule has 0 spiro atoms. The Hall–Kier alpha value is -0.610. The lowest BCUT2D eigenvalue weighted by molar-refractivity contribution is -0.139. The van der Waals surface area contributed by atoms with Crippen LogP contribution in [0.3, 0.4) is 0 Å². The van der Waals surface area contributed by atoms with Gasteiger partial charge in [0.05, 0.1) is 12.7 Å². The normalized spacial score (nSPS) is 14.2. The molecular formula is C24H48O4. The average molecular weight is 401 g/mol. The summed E-state index contributed by atoms with van der Waals surface area (Å²) >= 11 is 0. The van der Waals surface area contributed by atoms with Crippen molar-refractivity contribution in [2.75, 3.05) is 6.61 Å². The first-order valence-corrected chi connectivity index (χ1v) is 11.8. The van der Waals surface area contributed by atoms with Gasteiger partial charge in [-0.15, -0.1) is 0 Å². The highest BCUT2D eigenvalue weighted by atomic mass is 16.4. The number of aliphatic carboxylic acids is 1. The van der Waals surface area contributed by atoms with Crippen LogP contribution in [0.5, 0.6) is 0 Å². The van der Waals surface area contributed by atoms with Gasteiger partial charge >= 0.3 is 5.97 Å². The van der Waals surface area contributed by atoms with E-state index in [1.807, 2.05) is 13.8 Å². The van der Waals surface area contributed by atoms with Gasteiger partial charge in [0.2, 0.25) is 0 Å². The van der Waals surface area contributed by atoms with Crippen LogP contribution in [0.15, 0.2) is 0 Å². The Morgan fingerprint density at radius 1 is 0.821 bits per heavy atom. The Morgan fingerprint density at radius 3 is 1.64 bits per heavy atom. The number of rotatable bonds is 20. The molecule has 0 heterocycles. The number of hydrogen-bond acceptors (Lipinski definition) is 3. The Labute approximate surface area is 174 Å². The van der Waals surface area contributed by atoms with Crippen molar-refractivity contribution in [1.82, 2.24) is 0 Å². The van der Waals surface area contributed by atoms with Crippen molar-refractivity contribution < 1.29 is 20.1 Å². The molecule has 0 aromatic heterocycles. The molecule has 4 heteroatoms. The Bertz CT molecular complexity index is 368. The zero-order chi connectivity index (χ0) is 21.3. The van der Waals surface area contributed by atoms with Crippen LogP contribution in [0.4, 0.5) is 0 Å². The Balaban J connectivity index is 3.84. The summed E-state index contributed by atoms with van der Waals surface area (Å²) in [5, 5.41) is 28.1. The molecule has 0 aromatic rings. The number of aliphatic hydroxyl groups is 2. The number of hydrogen-bond donors (Lipinski definition) is 3. The van der Waals surface area contributed by atoms with Crippen LogP contribution in [-0.2, 0) is 4.79 Å². The van der Waals surface area contributed by atoms with E-state index in [-0.39, 0.29) is 24.4 Å². The molecule has 0 saturated heterocycles. The van der Waals surface area contributed by atoms with E-state index in [9.17, 15) is 15.0 Å². The number of unbranched alkanes of at least 4 members (excludes halogenated alkanes) is 12. The molecule has 3 N–H and O–H groups in total. The van der Waals surface area contributed by atoms with E-state index in [1.54, 1.807) is 0 Å². The van der Waals surface area contributed by atoms with Crippen LogP contribution in [-0.4, -0.2) is 34.0 Å². The molecule has 0 amide bonds. The quantitative estimate of drug-likeness (QED) is 0.209. The van der Waals surface area contributed by atoms with E-state index in [0.29, 0.717) is 6.42 Å². The van der Waals surface area contributed by atoms with E-state index in [2.05, 4.69) is 6.92 Å². The summed E-state index contributed by atoms with van der Waals surface area (Å²) in [5.74, 6) is -0.731. The van der Waals surface area contributed by atoms with Crippen LogP contribution < -0.4 is 0 Å². The van der Waals surface area contributed by atoms with E-state index < -0.39 is 12.1 Å². The molecule has 0 bridgehead atoms. The molecular weight excluding hydrogens is 352 g/mol. The molecule has 0 radical (unpaired) electrons. The minimum Gasteiger partial charge on any atom is -0.481 e. The molecule has 0 aliphatic heterocycles. The van der Waals surface area contributed by atoms with Gasteiger partial charge in [-0.1, -0.05) is 104 Å². The van der Waals surface area contributed by atoms with E-state index >= 15 is 0 Å². The Morgan fingerprint density at radius 2 is 1.25 bits per heavy atom. The molecule has 0 aliphatic rings. The van der Waals surface area contributed by atoms with Crippen molar-refractivity contribution in [3.8, 4) is 0 Å². The van der Waals surface area contributed by atoms with Crippen molar-refractivity contribution in [3.05, 3.63) is 0 Å². The van der Waals surface area contributed by atoms with Crippen molar-refractivity contribution in [1.29, 1.82) is 0 Å². The minimum atomic E-state index is -0.772. The third-order valence-electron chi connectivity index (χ3n) is 6.15. The number of carboxylic acids is 1.